The average Bonchev–Trinajstić information content (AvgIpc) is 2.42. The highest BCUT2D eigenvalue weighted by Crippen LogP contribution is 2.30. The first kappa shape index (κ1) is 16.9. The molecule has 3 N–H and O–H groups in total. The number of nitrogens with zero attached hydrogens (tertiary/aromatic N) is 1. The minimum atomic E-state index is -1.28. The molecule has 0 aliphatic heterocycles. The molecule has 7 heteroatoms. The van der Waals surface area contributed by atoms with Crippen LogP contribution in [0, 0.1) is 17.0 Å². The van der Waals surface area contributed by atoms with Crippen LogP contribution in [0.2, 0.25) is 0 Å². The fourth-order valence-electron chi connectivity index (χ4n) is 1.99. The number of benzene rings is 1. The van der Waals surface area contributed by atoms with Crippen LogP contribution in [0.25, 0.3) is 0 Å². The standard InChI is InChI=1S/C14H20N2O5/c1-3-14(15,13(17)18)8-5-9-21-11-7-4-6-10(2)12(11)16(19)20/h4,6-7H,3,5,8-9,15H2,1-2H3,(H,17,18). The molecule has 1 aromatic carbocycles. The molecule has 0 radical (unpaired) electrons. The molecule has 0 amide bonds. The molecule has 7 nitrogen and oxygen atoms in total. The average molecular weight is 296 g/mol. The number of aryl methyl sites for hydroxylation is 1. The first-order valence-corrected chi connectivity index (χ1v) is 6.71. The van der Waals surface area contributed by atoms with Crippen LogP contribution in [0.15, 0.2) is 18.2 Å². The van der Waals surface area contributed by atoms with Gasteiger partial charge in [-0.05, 0) is 32.3 Å². The van der Waals surface area contributed by atoms with Gasteiger partial charge in [-0.1, -0.05) is 19.1 Å². The number of ether oxygens (including phenoxy) is 1. The van der Waals surface area contributed by atoms with Crippen molar-refractivity contribution < 1.29 is 19.6 Å². The molecule has 0 spiro atoms. The molecule has 1 aromatic rings. The maximum atomic E-state index is 11.0. The van der Waals surface area contributed by atoms with Crippen molar-refractivity contribution in [3.8, 4) is 5.75 Å². The predicted molar refractivity (Wildman–Crippen MR) is 77.4 cm³/mol. The molecule has 0 aromatic heterocycles. The Hall–Kier alpha value is -2.15. The summed E-state index contributed by atoms with van der Waals surface area (Å²) in [6.45, 7) is 3.52. The predicted octanol–water partition coefficient (Wildman–Crippen LogP) is 2.25. The van der Waals surface area contributed by atoms with E-state index >= 15 is 0 Å². The maximum Gasteiger partial charge on any atom is 0.323 e. The van der Waals surface area contributed by atoms with E-state index < -0.39 is 16.4 Å². The molecule has 0 saturated carbocycles. The number of nitro benzene ring substituents is 1. The lowest BCUT2D eigenvalue weighted by Crippen LogP contribution is -2.47. The van der Waals surface area contributed by atoms with Gasteiger partial charge in [0.2, 0.25) is 0 Å². The highest BCUT2D eigenvalue weighted by Gasteiger charge is 2.31. The van der Waals surface area contributed by atoms with Crippen LogP contribution in [-0.2, 0) is 4.79 Å². The zero-order chi connectivity index (χ0) is 16.0. The van der Waals surface area contributed by atoms with Crippen molar-refractivity contribution in [3.05, 3.63) is 33.9 Å². The summed E-state index contributed by atoms with van der Waals surface area (Å²) < 4.78 is 5.41. The van der Waals surface area contributed by atoms with Crippen molar-refractivity contribution in [2.45, 2.75) is 38.6 Å². The van der Waals surface area contributed by atoms with Crippen molar-refractivity contribution >= 4 is 11.7 Å². The number of aliphatic carboxylic acids is 1. The fourth-order valence-corrected chi connectivity index (χ4v) is 1.99. The molecule has 0 aliphatic rings. The Labute approximate surface area is 122 Å². The minimum Gasteiger partial charge on any atom is -0.487 e. The molecule has 1 unspecified atom stereocenters. The van der Waals surface area contributed by atoms with Gasteiger partial charge in [0.1, 0.15) is 5.54 Å². The smallest absolute Gasteiger partial charge is 0.323 e. The van der Waals surface area contributed by atoms with Crippen molar-refractivity contribution in [2.75, 3.05) is 6.61 Å². The number of rotatable bonds is 8. The number of hydrogen-bond donors (Lipinski definition) is 2. The molecule has 0 bridgehead atoms. The third-order valence-corrected chi connectivity index (χ3v) is 3.46. The Balaban J connectivity index is 2.64. The topological polar surface area (TPSA) is 116 Å². The van der Waals surface area contributed by atoms with Crippen LogP contribution in [0.1, 0.15) is 31.7 Å². The van der Waals surface area contributed by atoms with Crippen molar-refractivity contribution in [1.29, 1.82) is 0 Å². The molecule has 21 heavy (non-hydrogen) atoms. The van der Waals surface area contributed by atoms with E-state index in [-0.39, 0.29) is 24.5 Å². The SMILES string of the molecule is CCC(N)(CCCOc1cccc(C)c1[N+](=O)[O-])C(=O)O. The van der Waals surface area contributed by atoms with Gasteiger partial charge in [0, 0.05) is 5.56 Å². The monoisotopic (exact) mass is 296 g/mol. The Kier molecular flexibility index (Phi) is 5.66. The molecule has 1 atom stereocenters. The van der Waals surface area contributed by atoms with Crippen LogP contribution < -0.4 is 10.5 Å². The van der Waals surface area contributed by atoms with Crippen molar-refractivity contribution in [3.63, 3.8) is 0 Å². The van der Waals surface area contributed by atoms with Crippen molar-refractivity contribution in [1.82, 2.24) is 0 Å². The van der Waals surface area contributed by atoms with E-state index in [1.54, 1.807) is 26.0 Å². The number of nitro groups is 1. The summed E-state index contributed by atoms with van der Waals surface area (Å²) in [5, 5.41) is 20.0. The summed E-state index contributed by atoms with van der Waals surface area (Å²) in [6.07, 6.45) is 0.965. The largest absolute Gasteiger partial charge is 0.487 e. The van der Waals surface area contributed by atoms with E-state index in [4.69, 9.17) is 15.6 Å². The van der Waals surface area contributed by atoms with E-state index in [2.05, 4.69) is 0 Å². The number of carbonyl (C=O) groups is 1. The summed E-state index contributed by atoms with van der Waals surface area (Å²) in [6, 6.07) is 4.84. The van der Waals surface area contributed by atoms with Gasteiger partial charge in [-0.15, -0.1) is 0 Å². The van der Waals surface area contributed by atoms with Gasteiger partial charge in [0.15, 0.2) is 5.75 Å². The second-order valence-electron chi connectivity index (χ2n) is 4.95. The second kappa shape index (κ2) is 7.03. The zero-order valence-electron chi connectivity index (χ0n) is 12.2. The fraction of sp³-hybridized carbons (Fsp3) is 0.500. The molecular weight excluding hydrogens is 276 g/mol. The molecule has 0 heterocycles. The molecular formula is C14H20N2O5. The van der Waals surface area contributed by atoms with Crippen LogP contribution in [0.5, 0.6) is 5.75 Å². The number of para-hydroxylation sites is 1. The van der Waals surface area contributed by atoms with Crippen LogP contribution in [-0.4, -0.2) is 28.1 Å². The summed E-state index contributed by atoms with van der Waals surface area (Å²) in [5.74, 6) is -0.860. The Morgan fingerprint density at radius 3 is 2.71 bits per heavy atom. The van der Waals surface area contributed by atoms with Gasteiger partial charge in [-0.2, -0.15) is 0 Å². The van der Waals surface area contributed by atoms with E-state index in [0.717, 1.165) is 0 Å². The first-order valence-electron chi connectivity index (χ1n) is 6.71. The van der Waals surface area contributed by atoms with Gasteiger partial charge in [-0.25, -0.2) is 0 Å². The third kappa shape index (κ3) is 4.16. The minimum absolute atomic E-state index is 0.0646. The van der Waals surface area contributed by atoms with E-state index in [0.29, 0.717) is 18.4 Å². The normalized spacial score (nSPS) is 13.5. The van der Waals surface area contributed by atoms with Gasteiger partial charge < -0.3 is 15.6 Å². The molecule has 0 saturated heterocycles. The van der Waals surface area contributed by atoms with Gasteiger partial charge in [-0.3, -0.25) is 14.9 Å². The first-order chi connectivity index (χ1) is 9.81. The van der Waals surface area contributed by atoms with E-state index in [9.17, 15) is 14.9 Å². The quantitative estimate of drug-likeness (QED) is 0.432. The Bertz CT molecular complexity index is 532. The number of carboxylic acids is 1. The molecule has 116 valence electrons. The summed E-state index contributed by atoms with van der Waals surface area (Å²) in [4.78, 5) is 21.6. The molecule has 0 aliphatic carbocycles. The zero-order valence-corrected chi connectivity index (χ0v) is 12.2. The second-order valence-corrected chi connectivity index (χ2v) is 4.95. The van der Waals surface area contributed by atoms with Gasteiger partial charge in [0.05, 0.1) is 11.5 Å². The lowest BCUT2D eigenvalue weighted by atomic mass is 9.92. The summed E-state index contributed by atoms with van der Waals surface area (Å²) in [5.41, 5.74) is 4.94. The van der Waals surface area contributed by atoms with Crippen molar-refractivity contribution in [2.24, 2.45) is 5.73 Å². The lowest BCUT2D eigenvalue weighted by Gasteiger charge is -2.22. The number of carboxylic acid groups (broad SMARTS) is 1. The third-order valence-electron chi connectivity index (χ3n) is 3.46. The lowest BCUT2D eigenvalue weighted by molar-refractivity contribution is -0.386. The highest BCUT2D eigenvalue weighted by molar-refractivity contribution is 5.78. The van der Waals surface area contributed by atoms with Crippen LogP contribution in [0.3, 0.4) is 0 Å². The van der Waals surface area contributed by atoms with Gasteiger partial charge >= 0.3 is 11.7 Å². The molecule has 1 rings (SSSR count). The molecule has 0 fully saturated rings. The van der Waals surface area contributed by atoms with E-state index in [1.165, 1.54) is 6.07 Å². The number of hydrogen-bond acceptors (Lipinski definition) is 5. The van der Waals surface area contributed by atoms with Crippen LogP contribution >= 0.6 is 0 Å². The van der Waals surface area contributed by atoms with Crippen LogP contribution in [0.4, 0.5) is 5.69 Å². The summed E-state index contributed by atoms with van der Waals surface area (Å²) >= 11 is 0. The van der Waals surface area contributed by atoms with Gasteiger partial charge in [0.25, 0.3) is 0 Å². The Morgan fingerprint density at radius 2 is 2.19 bits per heavy atom. The van der Waals surface area contributed by atoms with E-state index in [1.807, 2.05) is 0 Å². The maximum absolute atomic E-state index is 11.0. The Morgan fingerprint density at radius 1 is 1.52 bits per heavy atom. The number of nitrogens with two attached hydrogens (primary N) is 1. The highest BCUT2D eigenvalue weighted by atomic mass is 16.6. The summed E-state index contributed by atoms with van der Waals surface area (Å²) in [7, 11) is 0.